The molecule has 2 saturated heterocycles. The molecule has 2 atom stereocenters. The van der Waals surface area contributed by atoms with Crippen LogP contribution in [0.25, 0.3) is 11.0 Å². The molecular weight excluding hydrogens is 450 g/mol. The zero-order valence-corrected chi connectivity index (χ0v) is 21.2. The quantitative estimate of drug-likeness (QED) is 0.662. The van der Waals surface area contributed by atoms with E-state index in [0.29, 0.717) is 25.0 Å². The molecule has 2 aromatic rings. The van der Waals surface area contributed by atoms with Gasteiger partial charge >= 0.3 is 11.8 Å². The number of carbonyl (C=O) groups excluding carboxylic acids is 3. The monoisotopic (exact) mass is 485 g/mol. The molecule has 0 saturated carbocycles. The third kappa shape index (κ3) is 5.27. The lowest BCUT2D eigenvalue weighted by molar-refractivity contribution is -0.135. The predicted octanol–water partition coefficient (Wildman–Crippen LogP) is 1.80. The number of hydrogen-bond donors (Lipinski definition) is 1. The van der Waals surface area contributed by atoms with Crippen LogP contribution in [0.15, 0.2) is 23.0 Å². The standard InChI is InChI=1S/C25H35N5O5/c1-16-15-29(24(34)35-25(2,3)4)13-12-28(16)11-10-17-6-7-18-20(14-17)27(5)23(33)30(18)19-8-9-21(31)26-22(19)32/h6-7,14,16,19H,8-13,15H2,1-5H3,(H,26,31,32)/t16-,19?/m0/s1. The number of aromatic nitrogens is 2. The highest BCUT2D eigenvalue weighted by molar-refractivity contribution is 6.00. The van der Waals surface area contributed by atoms with E-state index in [1.165, 1.54) is 4.57 Å². The van der Waals surface area contributed by atoms with E-state index in [-0.39, 0.29) is 30.2 Å². The van der Waals surface area contributed by atoms with Gasteiger partial charge in [0.2, 0.25) is 11.8 Å². The summed E-state index contributed by atoms with van der Waals surface area (Å²) in [4.78, 5) is 53.4. The van der Waals surface area contributed by atoms with E-state index in [9.17, 15) is 19.2 Å². The molecule has 35 heavy (non-hydrogen) atoms. The Bertz CT molecular complexity index is 1210. The molecule has 1 aromatic carbocycles. The van der Waals surface area contributed by atoms with E-state index >= 15 is 0 Å². The third-order valence-corrected chi connectivity index (χ3v) is 6.78. The number of aryl methyl sites for hydroxylation is 1. The summed E-state index contributed by atoms with van der Waals surface area (Å²) in [5, 5.41) is 2.34. The highest BCUT2D eigenvalue weighted by Crippen LogP contribution is 2.24. The van der Waals surface area contributed by atoms with Crippen molar-refractivity contribution in [2.75, 3.05) is 26.2 Å². The Morgan fingerprint density at radius 3 is 2.54 bits per heavy atom. The molecule has 1 aromatic heterocycles. The van der Waals surface area contributed by atoms with Gasteiger partial charge in [0.1, 0.15) is 11.6 Å². The fraction of sp³-hybridized carbons (Fsp3) is 0.600. The van der Waals surface area contributed by atoms with Gasteiger partial charge in [-0.2, -0.15) is 0 Å². The Morgan fingerprint density at radius 1 is 1.14 bits per heavy atom. The number of imidazole rings is 1. The molecule has 0 spiro atoms. The summed E-state index contributed by atoms with van der Waals surface area (Å²) >= 11 is 0. The van der Waals surface area contributed by atoms with Gasteiger partial charge in [-0.3, -0.25) is 28.9 Å². The van der Waals surface area contributed by atoms with Gasteiger partial charge in [-0.25, -0.2) is 9.59 Å². The topological polar surface area (TPSA) is 106 Å². The zero-order valence-electron chi connectivity index (χ0n) is 21.2. The van der Waals surface area contributed by atoms with Crippen LogP contribution in [0.3, 0.4) is 0 Å². The summed E-state index contributed by atoms with van der Waals surface area (Å²) in [7, 11) is 1.70. The van der Waals surface area contributed by atoms with Crippen molar-refractivity contribution < 1.29 is 19.1 Å². The molecule has 2 aliphatic rings. The number of piperazine rings is 1. The predicted molar refractivity (Wildman–Crippen MR) is 131 cm³/mol. The van der Waals surface area contributed by atoms with Gasteiger partial charge in [-0.1, -0.05) is 6.07 Å². The molecule has 0 aliphatic carbocycles. The highest BCUT2D eigenvalue weighted by Gasteiger charge is 2.32. The Kier molecular flexibility index (Phi) is 6.77. The SMILES string of the molecule is C[C@H]1CN(C(=O)OC(C)(C)C)CCN1CCc1ccc2c(c1)n(C)c(=O)n2C1CCC(=O)NC1=O. The van der Waals surface area contributed by atoms with Gasteiger partial charge in [0.15, 0.2) is 0 Å². The number of rotatable bonds is 4. The zero-order chi connectivity index (χ0) is 25.5. The Morgan fingerprint density at radius 2 is 1.89 bits per heavy atom. The first-order chi connectivity index (χ1) is 16.4. The maximum atomic E-state index is 13.0. The molecular formula is C25H35N5O5. The number of benzene rings is 1. The summed E-state index contributed by atoms with van der Waals surface area (Å²) in [6.07, 6.45) is 1.07. The van der Waals surface area contributed by atoms with E-state index in [1.807, 2.05) is 39.0 Å². The molecule has 1 unspecified atom stereocenters. The van der Waals surface area contributed by atoms with E-state index < -0.39 is 17.6 Å². The van der Waals surface area contributed by atoms with Gasteiger partial charge in [-0.05, 0) is 58.2 Å². The number of piperidine rings is 1. The number of fused-ring (bicyclic) bond motifs is 1. The molecule has 190 valence electrons. The van der Waals surface area contributed by atoms with Gasteiger partial charge in [0.05, 0.1) is 11.0 Å². The molecule has 2 fully saturated rings. The lowest BCUT2D eigenvalue weighted by Crippen LogP contribution is -2.54. The number of ether oxygens (including phenoxy) is 1. The minimum absolute atomic E-state index is 0.206. The summed E-state index contributed by atoms with van der Waals surface area (Å²) in [5.41, 5.74) is 1.77. The van der Waals surface area contributed by atoms with Crippen LogP contribution in [0.2, 0.25) is 0 Å². The lowest BCUT2D eigenvalue weighted by Gasteiger charge is -2.40. The summed E-state index contributed by atoms with van der Waals surface area (Å²) in [6, 6.07) is 5.40. The van der Waals surface area contributed by atoms with E-state index in [0.717, 1.165) is 30.6 Å². The Hall–Kier alpha value is -3.14. The fourth-order valence-corrected chi connectivity index (χ4v) is 4.89. The number of hydrogen-bond acceptors (Lipinski definition) is 6. The highest BCUT2D eigenvalue weighted by atomic mass is 16.6. The number of nitrogens with zero attached hydrogens (tertiary/aromatic N) is 4. The average molecular weight is 486 g/mol. The van der Waals surface area contributed by atoms with Crippen LogP contribution < -0.4 is 11.0 Å². The maximum absolute atomic E-state index is 13.0. The van der Waals surface area contributed by atoms with Crippen molar-refractivity contribution in [1.82, 2.24) is 24.3 Å². The van der Waals surface area contributed by atoms with Crippen molar-refractivity contribution in [2.24, 2.45) is 7.05 Å². The van der Waals surface area contributed by atoms with Crippen molar-refractivity contribution in [2.45, 2.75) is 64.6 Å². The number of nitrogens with one attached hydrogen (secondary N) is 1. The normalized spacial score (nSPS) is 21.9. The summed E-state index contributed by atoms with van der Waals surface area (Å²) in [6.45, 7) is 10.6. The second kappa shape index (κ2) is 9.49. The molecule has 2 aliphatic heterocycles. The number of imide groups is 1. The first kappa shape index (κ1) is 25.0. The summed E-state index contributed by atoms with van der Waals surface area (Å²) < 4.78 is 8.57. The van der Waals surface area contributed by atoms with Crippen LogP contribution in [0, 0.1) is 0 Å². The molecule has 3 amide bonds. The van der Waals surface area contributed by atoms with Gasteiger partial charge in [0.25, 0.3) is 0 Å². The summed E-state index contributed by atoms with van der Waals surface area (Å²) in [5.74, 6) is -0.734. The second-order valence-corrected chi connectivity index (χ2v) is 10.6. The van der Waals surface area contributed by atoms with Crippen LogP contribution in [-0.2, 0) is 27.8 Å². The second-order valence-electron chi connectivity index (χ2n) is 10.6. The van der Waals surface area contributed by atoms with Gasteiger partial charge in [-0.15, -0.1) is 0 Å². The molecule has 4 rings (SSSR count). The van der Waals surface area contributed by atoms with Crippen molar-refractivity contribution in [3.63, 3.8) is 0 Å². The van der Waals surface area contributed by atoms with Crippen LogP contribution in [0.4, 0.5) is 4.79 Å². The maximum Gasteiger partial charge on any atom is 0.410 e. The van der Waals surface area contributed by atoms with Gasteiger partial charge in [0, 0.05) is 45.7 Å². The first-order valence-corrected chi connectivity index (χ1v) is 12.2. The van der Waals surface area contributed by atoms with Crippen molar-refractivity contribution in [3.05, 3.63) is 34.2 Å². The Balaban J connectivity index is 1.43. The minimum Gasteiger partial charge on any atom is -0.444 e. The minimum atomic E-state index is -0.683. The number of carbonyl (C=O) groups is 3. The van der Waals surface area contributed by atoms with E-state index in [4.69, 9.17) is 4.74 Å². The van der Waals surface area contributed by atoms with Crippen LogP contribution in [-0.4, -0.2) is 74.7 Å². The van der Waals surface area contributed by atoms with Crippen molar-refractivity contribution in [1.29, 1.82) is 0 Å². The Labute approximate surface area is 204 Å². The third-order valence-electron chi connectivity index (χ3n) is 6.78. The smallest absolute Gasteiger partial charge is 0.410 e. The number of amides is 3. The molecule has 10 nitrogen and oxygen atoms in total. The molecule has 0 bridgehead atoms. The van der Waals surface area contributed by atoms with E-state index in [1.54, 1.807) is 16.5 Å². The molecule has 1 N–H and O–H groups in total. The largest absolute Gasteiger partial charge is 0.444 e. The van der Waals surface area contributed by atoms with Crippen LogP contribution in [0.5, 0.6) is 0 Å². The lowest BCUT2D eigenvalue weighted by atomic mass is 10.1. The first-order valence-electron chi connectivity index (χ1n) is 12.2. The van der Waals surface area contributed by atoms with Crippen molar-refractivity contribution >= 4 is 28.9 Å². The molecule has 0 radical (unpaired) electrons. The van der Waals surface area contributed by atoms with Gasteiger partial charge < -0.3 is 9.64 Å². The fourth-order valence-electron chi connectivity index (χ4n) is 4.89. The van der Waals surface area contributed by atoms with E-state index in [2.05, 4.69) is 17.1 Å². The molecule has 10 heteroatoms. The van der Waals surface area contributed by atoms with Crippen LogP contribution >= 0.6 is 0 Å². The molecule has 3 heterocycles. The average Bonchev–Trinajstić information content (AvgIpc) is 3.02. The van der Waals surface area contributed by atoms with Crippen LogP contribution in [0.1, 0.15) is 52.1 Å². The van der Waals surface area contributed by atoms with Crippen molar-refractivity contribution in [3.8, 4) is 0 Å².